The molecule has 0 saturated heterocycles. The van der Waals surface area contributed by atoms with E-state index >= 15 is 0 Å². The van der Waals surface area contributed by atoms with Gasteiger partial charge in [0.15, 0.2) is 0 Å². The highest BCUT2D eigenvalue weighted by Gasteiger charge is 2.27. The maximum atomic E-state index is 11.9. The van der Waals surface area contributed by atoms with Crippen molar-refractivity contribution in [3.8, 4) is 5.75 Å². The third-order valence-electron chi connectivity index (χ3n) is 3.36. The Morgan fingerprint density at radius 2 is 2.26 bits per heavy atom. The molecule has 0 aromatic heterocycles. The molecule has 0 radical (unpaired) electrons. The number of hydrogen-bond acceptors (Lipinski definition) is 3. The summed E-state index contributed by atoms with van der Waals surface area (Å²) in [4.78, 5) is 14.3. The molecular weight excluding hydrogens is 308 g/mol. The molecule has 1 aromatic carbocycles. The monoisotopic (exact) mass is 326 g/mol. The van der Waals surface area contributed by atoms with Crippen molar-refractivity contribution in [3.63, 3.8) is 0 Å². The lowest BCUT2D eigenvalue weighted by molar-refractivity contribution is 0.0947. The average molecular weight is 327 g/mol. The first-order chi connectivity index (χ1) is 9.11. The van der Waals surface area contributed by atoms with Crippen LogP contribution in [0.2, 0.25) is 0 Å². The molecule has 1 aliphatic carbocycles. The predicted molar refractivity (Wildman–Crippen MR) is 78.4 cm³/mol. The van der Waals surface area contributed by atoms with Crippen LogP contribution in [0.1, 0.15) is 30.1 Å². The summed E-state index contributed by atoms with van der Waals surface area (Å²) < 4.78 is 0.593. The Morgan fingerprint density at radius 3 is 2.84 bits per heavy atom. The number of phenolic OH excluding ortho intramolecular Hbond substituents is 1. The number of likely N-dealkylation sites (N-methyl/N-ethyl adjacent to an activating group) is 1. The lowest BCUT2D eigenvalue weighted by atomic mass is 10.2. The number of nitrogens with one attached hydrogen (secondary N) is 1. The van der Waals surface area contributed by atoms with E-state index in [1.54, 1.807) is 12.1 Å². The molecule has 0 bridgehead atoms. The van der Waals surface area contributed by atoms with Crippen LogP contribution in [0.15, 0.2) is 22.7 Å². The van der Waals surface area contributed by atoms with E-state index in [0.29, 0.717) is 16.6 Å². The molecule has 0 heterocycles. The van der Waals surface area contributed by atoms with Crippen molar-refractivity contribution in [2.24, 2.45) is 0 Å². The summed E-state index contributed by atoms with van der Waals surface area (Å²) in [5, 5.41) is 12.4. The highest BCUT2D eigenvalue weighted by atomic mass is 79.9. The zero-order valence-electron chi connectivity index (χ0n) is 11.0. The highest BCUT2D eigenvalue weighted by molar-refractivity contribution is 9.10. The Hall–Kier alpha value is -1.07. The fraction of sp³-hybridized carbons (Fsp3) is 0.500. The topological polar surface area (TPSA) is 52.6 Å². The molecule has 2 N–H and O–H groups in total. The van der Waals surface area contributed by atoms with Crippen molar-refractivity contribution in [1.82, 2.24) is 10.2 Å². The SMILES string of the molecule is CCN(CCNC(=O)c1ccc(Br)c(O)c1)C1CC1. The number of benzene rings is 1. The standard InChI is InChI=1S/C14H19BrN2O2/c1-2-17(11-4-5-11)8-7-16-14(19)10-3-6-12(15)13(18)9-10/h3,6,9,11,18H,2,4-5,7-8H2,1H3,(H,16,19). The molecule has 0 spiro atoms. The Bertz CT molecular complexity index is 461. The van der Waals surface area contributed by atoms with Gasteiger partial charge in [0.25, 0.3) is 5.91 Å². The van der Waals surface area contributed by atoms with E-state index in [1.807, 2.05) is 0 Å². The molecule has 104 valence electrons. The maximum absolute atomic E-state index is 11.9. The van der Waals surface area contributed by atoms with Crippen molar-refractivity contribution in [2.45, 2.75) is 25.8 Å². The molecule has 1 fully saturated rings. The third-order valence-corrected chi connectivity index (χ3v) is 4.03. The Kier molecular flexibility index (Phi) is 4.82. The van der Waals surface area contributed by atoms with Gasteiger partial charge in [0, 0.05) is 24.7 Å². The van der Waals surface area contributed by atoms with Gasteiger partial charge in [0.05, 0.1) is 4.47 Å². The highest BCUT2D eigenvalue weighted by Crippen LogP contribution is 2.26. The van der Waals surface area contributed by atoms with Gasteiger partial charge in [-0.25, -0.2) is 0 Å². The fourth-order valence-corrected chi connectivity index (χ4v) is 2.35. The van der Waals surface area contributed by atoms with Crippen LogP contribution >= 0.6 is 15.9 Å². The van der Waals surface area contributed by atoms with E-state index < -0.39 is 0 Å². The third kappa shape index (κ3) is 3.94. The van der Waals surface area contributed by atoms with Crippen LogP contribution in [0, 0.1) is 0 Å². The van der Waals surface area contributed by atoms with Gasteiger partial charge in [0.1, 0.15) is 5.75 Å². The Labute approximate surface area is 121 Å². The van der Waals surface area contributed by atoms with E-state index in [0.717, 1.165) is 19.1 Å². The molecule has 0 aliphatic heterocycles. The van der Waals surface area contributed by atoms with Gasteiger partial charge in [0.2, 0.25) is 0 Å². The zero-order valence-corrected chi connectivity index (χ0v) is 12.6. The molecule has 0 atom stereocenters. The summed E-state index contributed by atoms with van der Waals surface area (Å²) >= 11 is 3.19. The van der Waals surface area contributed by atoms with Crippen LogP contribution in [0.5, 0.6) is 5.75 Å². The quantitative estimate of drug-likeness (QED) is 0.843. The summed E-state index contributed by atoms with van der Waals surface area (Å²) in [6.45, 7) is 4.70. The number of carbonyl (C=O) groups excluding carboxylic acids is 1. The summed E-state index contributed by atoms with van der Waals surface area (Å²) in [5.74, 6) is -0.0598. The first-order valence-corrected chi connectivity index (χ1v) is 7.42. The van der Waals surface area contributed by atoms with E-state index in [1.165, 1.54) is 18.9 Å². The molecule has 2 rings (SSSR count). The largest absolute Gasteiger partial charge is 0.507 e. The van der Waals surface area contributed by atoms with Crippen molar-refractivity contribution >= 4 is 21.8 Å². The molecule has 5 heteroatoms. The first-order valence-electron chi connectivity index (χ1n) is 6.62. The molecule has 1 amide bonds. The van der Waals surface area contributed by atoms with Crippen LogP contribution in [0.4, 0.5) is 0 Å². The average Bonchev–Trinajstić information content (AvgIpc) is 3.22. The van der Waals surface area contributed by atoms with Gasteiger partial charge in [-0.2, -0.15) is 0 Å². The molecule has 0 unspecified atom stereocenters. The maximum Gasteiger partial charge on any atom is 0.251 e. The van der Waals surface area contributed by atoms with E-state index in [-0.39, 0.29) is 11.7 Å². The fourth-order valence-electron chi connectivity index (χ4n) is 2.11. The molecule has 19 heavy (non-hydrogen) atoms. The van der Waals surface area contributed by atoms with Crippen LogP contribution in [0.25, 0.3) is 0 Å². The molecule has 1 aliphatic rings. The molecule has 1 aromatic rings. The number of hydrogen-bond donors (Lipinski definition) is 2. The van der Waals surface area contributed by atoms with Gasteiger partial charge in [-0.15, -0.1) is 0 Å². The minimum atomic E-state index is -0.144. The number of phenols is 1. The number of rotatable bonds is 6. The summed E-state index contributed by atoms with van der Waals surface area (Å²) in [5.41, 5.74) is 0.482. The normalized spacial score (nSPS) is 14.7. The first kappa shape index (κ1) is 14.3. The number of carbonyl (C=O) groups is 1. The number of amides is 1. The number of halogens is 1. The second kappa shape index (κ2) is 6.39. The lowest BCUT2D eigenvalue weighted by Gasteiger charge is -2.19. The van der Waals surface area contributed by atoms with E-state index in [4.69, 9.17) is 0 Å². The Balaban J connectivity index is 1.81. The summed E-state index contributed by atoms with van der Waals surface area (Å²) in [6, 6.07) is 5.56. The molecular formula is C14H19BrN2O2. The van der Waals surface area contributed by atoms with Crippen molar-refractivity contribution < 1.29 is 9.90 Å². The van der Waals surface area contributed by atoms with Crippen molar-refractivity contribution in [1.29, 1.82) is 0 Å². The van der Waals surface area contributed by atoms with Gasteiger partial charge >= 0.3 is 0 Å². The van der Waals surface area contributed by atoms with Gasteiger partial charge in [-0.1, -0.05) is 6.92 Å². The minimum absolute atomic E-state index is 0.0841. The van der Waals surface area contributed by atoms with Crippen molar-refractivity contribution in [2.75, 3.05) is 19.6 Å². The number of nitrogens with zero attached hydrogens (tertiary/aromatic N) is 1. The Morgan fingerprint density at radius 1 is 1.53 bits per heavy atom. The molecule has 1 saturated carbocycles. The van der Waals surface area contributed by atoms with Crippen LogP contribution in [0.3, 0.4) is 0 Å². The van der Waals surface area contributed by atoms with E-state index in [2.05, 4.69) is 33.1 Å². The second-order valence-electron chi connectivity index (χ2n) is 4.78. The minimum Gasteiger partial charge on any atom is -0.507 e. The lowest BCUT2D eigenvalue weighted by Crippen LogP contribution is -2.36. The van der Waals surface area contributed by atoms with E-state index in [9.17, 15) is 9.90 Å². The van der Waals surface area contributed by atoms with Gasteiger partial charge in [-0.05, 0) is 53.5 Å². The van der Waals surface area contributed by atoms with Crippen LogP contribution in [-0.4, -0.2) is 41.6 Å². The predicted octanol–water partition coefficient (Wildman–Crippen LogP) is 2.37. The van der Waals surface area contributed by atoms with Crippen molar-refractivity contribution in [3.05, 3.63) is 28.2 Å². The zero-order chi connectivity index (χ0) is 13.8. The van der Waals surface area contributed by atoms with Gasteiger partial charge in [-0.3, -0.25) is 9.69 Å². The smallest absolute Gasteiger partial charge is 0.251 e. The van der Waals surface area contributed by atoms with Crippen LogP contribution < -0.4 is 5.32 Å². The summed E-state index contributed by atoms with van der Waals surface area (Å²) in [7, 11) is 0. The molecule has 4 nitrogen and oxygen atoms in total. The number of aromatic hydroxyl groups is 1. The van der Waals surface area contributed by atoms with Gasteiger partial charge < -0.3 is 10.4 Å². The summed E-state index contributed by atoms with van der Waals surface area (Å²) in [6.07, 6.45) is 2.56. The van der Waals surface area contributed by atoms with Crippen LogP contribution in [-0.2, 0) is 0 Å². The second-order valence-corrected chi connectivity index (χ2v) is 5.64.